The summed E-state index contributed by atoms with van der Waals surface area (Å²) in [5, 5.41) is 0. The van der Waals surface area contributed by atoms with Crippen molar-refractivity contribution in [3.63, 3.8) is 0 Å². The van der Waals surface area contributed by atoms with E-state index >= 15 is 0 Å². The van der Waals surface area contributed by atoms with Gasteiger partial charge in [-0.3, -0.25) is 0 Å². The predicted molar refractivity (Wildman–Crippen MR) is 75.4 cm³/mol. The first-order valence-corrected chi connectivity index (χ1v) is 7.22. The van der Waals surface area contributed by atoms with E-state index in [2.05, 4.69) is 30.3 Å². The predicted octanol–water partition coefficient (Wildman–Crippen LogP) is 3.16. The minimum Gasteiger partial charge on any atom is -0.330 e. The van der Waals surface area contributed by atoms with Crippen LogP contribution in [0.25, 0.3) is 0 Å². The van der Waals surface area contributed by atoms with Crippen LogP contribution in [0.4, 0.5) is 0 Å². The van der Waals surface area contributed by atoms with Crippen molar-refractivity contribution in [1.29, 1.82) is 0 Å². The largest absolute Gasteiger partial charge is 0.330 e. The molecule has 1 saturated carbocycles. The van der Waals surface area contributed by atoms with Gasteiger partial charge in [0, 0.05) is 24.5 Å². The van der Waals surface area contributed by atoms with Crippen LogP contribution in [0.15, 0.2) is 12.5 Å². The normalized spacial score (nSPS) is 19.3. The zero-order chi connectivity index (χ0) is 13.2. The van der Waals surface area contributed by atoms with Crippen LogP contribution in [0.5, 0.6) is 0 Å². The molecule has 0 amide bonds. The minimum atomic E-state index is 0.298. The molecular formula is C15H27N3. The fraction of sp³-hybridized carbons (Fsp3) is 0.800. The van der Waals surface area contributed by atoms with Gasteiger partial charge in [-0.1, -0.05) is 33.6 Å². The summed E-state index contributed by atoms with van der Waals surface area (Å²) in [6.07, 6.45) is 10.5. The van der Waals surface area contributed by atoms with Crippen LogP contribution in [-0.2, 0) is 6.42 Å². The number of hydrogen-bond donors (Lipinski definition) is 1. The van der Waals surface area contributed by atoms with E-state index < -0.39 is 0 Å². The molecule has 1 unspecified atom stereocenters. The highest BCUT2D eigenvalue weighted by molar-refractivity contribution is 5.04. The van der Waals surface area contributed by atoms with Crippen LogP contribution < -0.4 is 5.73 Å². The molecule has 3 nitrogen and oxygen atoms in total. The molecule has 2 rings (SSSR count). The van der Waals surface area contributed by atoms with Crippen LogP contribution in [0.2, 0.25) is 0 Å². The lowest BCUT2D eigenvalue weighted by Crippen LogP contribution is -2.27. The fourth-order valence-electron chi connectivity index (χ4n) is 3.19. The SMILES string of the molecule is CC(C)(C)Cc1cncn1C(CN)C1CCCC1. The fourth-order valence-corrected chi connectivity index (χ4v) is 3.19. The van der Waals surface area contributed by atoms with E-state index in [0.29, 0.717) is 11.5 Å². The van der Waals surface area contributed by atoms with Gasteiger partial charge in [0.25, 0.3) is 0 Å². The first-order chi connectivity index (χ1) is 8.51. The van der Waals surface area contributed by atoms with Crippen LogP contribution in [0, 0.1) is 11.3 Å². The molecule has 3 heteroatoms. The van der Waals surface area contributed by atoms with E-state index in [-0.39, 0.29) is 0 Å². The molecule has 102 valence electrons. The number of nitrogens with zero attached hydrogens (tertiary/aromatic N) is 2. The molecule has 0 aromatic carbocycles. The molecule has 0 saturated heterocycles. The summed E-state index contributed by atoms with van der Waals surface area (Å²) < 4.78 is 2.35. The molecule has 1 fully saturated rings. The van der Waals surface area contributed by atoms with Gasteiger partial charge < -0.3 is 10.3 Å². The average molecular weight is 249 g/mol. The van der Waals surface area contributed by atoms with Gasteiger partial charge >= 0.3 is 0 Å². The number of imidazole rings is 1. The van der Waals surface area contributed by atoms with Gasteiger partial charge in [-0.25, -0.2) is 4.98 Å². The van der Waals surface area contributed by atoms with Crippen LogP contribution in [0.3, 0.4) is 0 Å². The lowest BCUT2D eigenvalue weighted by atomic mass is 9.90. The Balaban J connectivity index is 2.17. The molecule has 1 aliphatic carbocycles. The van der Waals surface area contributed by atoms with Crippen molar-refractivity contribution >= 4 is 0 Å². The smallest absolute Gasteiger partial charge is 0.0951 e. The molecule has 1 aliphatic rings. The van der Waals surface area contributed by atoms with Crippen molar-refractivity contribution in [3.8, 4) is 0 Å². The van der Waals surface area contributed by atoms with Crippen molar-refractivity contribution in [1.82, 2.24) is 9.55 Å². The second-order valence-corrected chi connectivity index (χ2v) is 6.88. The van der Waals surface area contributed by atoms with E-state index in [1.165, 1.54) is 31.4 Å². The molecule has 1 heterocycles. The van der Waals surface area contributed by atoms with E-state index in [1.54, 1.807) is 0 Å². The third-order valence-electron chi connectivity index (χ3n) is 4.00. The summed E-state index contributed by atoms with van der Waals surface area (Å²) in [5.41, 5.74) is 7.66. The summed E-state index contributed by atoms with van der Waals surface area (Å²) in [5.74, 6) is 0.753. The van der Waals surface area contributed by atoms with E-state index in [0.717, 1.165) is 18.9 Å². The van der Waals surface area contributed by atoms with E-state index in [4.69, 9.17) is 5.73 Å². The second kappa shape index (κ2) is 5.43. The average Bonchev–Trinajstić information content (AvgIpc) is 2.90. The molecule has 1 aromatic rings. The molecule has 0 spiro atoms. The van der Waals surface area contributed by atoms with Crippen molar-refractivity contribution in [2.45, 2.75) is 58.9 Å². The highest BCUT2D eigenvalue weighted by Gasteiger charge is 2.27. The lowest BCUT2D eigenvalue weighted by Gasteiger charge is -2.27. The Morgan fingerprint density at radius 2 is 2.06 bits per heavy atom. The maximum absolute atomic E-state index is 6.03. The molecule has 1 atom stereocenters. The highest BCUT2D eigenvalue weighted by atomic mass is 15.1. The summed E-state index contributed by atoms with van der Waals surface area (Å²) in [6, 6.07) is 0.451. The summed E-state index contributed by atoms with van der Waals surface area (Å²) in [6.45, 7) is 7.56. The van der Waals surface area contributed by atoms with Gasteiger partial charge in [-0.15, -0.1) is 0 Å². The Hall–Kier alpha value is -0.830. The maximum atomic E-state index is 6.03. The first kappa shape index (κ1) is 13.6. The molecule has 0 aliphatic heterocycles. The van der Waals surface area contributed by atoms with E-state index in [9.17, 15) is 0 Å². The number of hydrogen-bond acceptors (Lipinski definition) is 2. The second-order valence-electron chi connectivity index (χ2n) is 6.88. The van der Waals surface area contributed by atoms with Crippen molar-refractivity contribution in [3.05, 3.63) is 18.2 Å². The van der Waals surface area contributed by atoms with Crippen molar-refractivity contribution in [2.24, 2.45) is 17.1 Å². The zero-order valence-corrected chi connectivity index (χ0v) is 12.0. The summed E-state index contributed by atoms with van der Waals surface area (Å²) >= 11 is 0. The summed E-state index contributed by atoms with van der Waals surface area (Å²) in [7, 11) is 0. The lowest BCUT2D eigenvalue weighted by molar-refractivity contribution is 0.320. The molecule has 18 heavy (non-hydrogen) atoms. The molecule has 2 N–H and O–H groups in total. The van der Waals surface area contributed by atoms with Crippen LogP contribution >= 0.6 is 0 Å². The third-order valence-corrected chi connectivity index (χ3v) is 4.00. The number of rotatable bonds is 4. The molecule has 0 bridgehead atoms. The first-order valence-electron chi connectivity index (χ1n) is 7.22. The number of aromatic nitrogens is 2. The van der Waals surface area contributed by atoms with Gasteiger partial charge in [0.05, 0.1) is 6.33 Å². The maximum Gasteiger partial charge on any atom is 0.0951 e. The van der Waals surface area contributed by atoms with Gasteiger partial charge in [0.15, 0.2) is 0 Å². The standard InChI is InChI=1S/C15H27N3/c1-15(2,3)8-13-10-17-11-18(13)14(9-16)12-6-4-5-7-12/h10-12,14H,4-9,16H2,1-3H3. The Kier molecular flexibility index (Phi) is 4.10. The van der Waals surface area contributed by atoms with Gasteiger partial charge in [0.2, 0.25) is 0 Å². The minimum absolute atomic E-state index is 0.298. The zero-order valence-electron chi connectivity index (χ0n) is 12.0. The van der Waals surface area contributed by atoms with Gasteiger partial charge in [-0.2, -0.15) is 0 Å². The van der Waals surface area contributed by atoms with Gasteiger partial charge in [0.1, 0.15) is 0 Å². The van der Waals surface area contributed by atoms with Gasteiger partial charge in [-0.05, 0) is 30.6 Å². The van der Waals surface area contributed by atoms with Crippen molar-refractivity contribution < 1.29 is 0 Å². The third kappa shape index (κ3) is 3.14. The van der Waals surface area contributed by atoms with Crippen molar-refractivity contribution in [2.75, 3.05) is 6.54 Å². The quantitative estimate of drug-likeness (QED) is 0.890. The molecular weight excluding hydrogens is 222 g/mol. The Morgan fingerprint density at radius 3 is 2.61 bits per heavy atom. The Bertz CT molecular complexity index is 369. The summed E-state index contributed by atoms with van der Waals surface area (Å²) in [4.78, 5) is 4.35. The topological polar surface area (TPSA) is 43.8 Å². The molecule has 0 radical (unpaired) electrons. The monoisotopic (exact) mass is 249 g/mol. The highest BCUT2D eigenvalue weighted by Crippen LogP contribution is 2.35. The molecule has 1 aromatic heterocycles. The Labute approximate surface area is 111 Å². The van der Waals surface area contributed by atoms with Crippen LogP contribution in [-0.4, -0.2) is 16.1 Å². The van der Waals surface area contributed by atoms with E-state index in [1.807, 2.05) is 12.5 Å². The number of nitrogens with two attached hydrogens (primary N) is 1. The van der Waals surface area contributed by atoms with Crippen LogP contribution in [0.1, 0.15) is 58.2 Å². The Morgan fingerprint density at radius 1 is 1.39 bits per heavy atom.